The van der Waals surface area contributed by atoms with Gasteiger partial charge in [0.15, 0.2) is 5.60 Å². The standard InChI is InChI=1S/C30H28O8/c1-33-23-15-9-14-22-25(23)26(32)30-28(36-18-21-12-7-4-8-13-21,19-37-29(30,34-2)16-24(31)38-30)27(22)35-17-20-10-5-3-6-11-20/h3-15,27H,16-19H2,1-2H3/t27?,28-,29+,30+/m1/s1. The van der Waals surface area contributed by atoms with Gasteiger partial charge >= 0.3 is 5.97 Å². The smallest absolute Gasteiger partial charge is 0.312 e. The van der Waals surface area contributed by atoms with Crippen LogP contribution in [0.25, 0.3) is 0 Å². The maximum atomic E-state index is 14.6. The Hall–Kier alpha value is -3.56. The van der Waals surface area contributed by atoms with E-state index in [0.717, 1.165) is 11.1 Å². The van der Waals surface area contributed by atoms with Crippen LogP contribution in [-0.4, -0.2) is 49.6 Å². The zero-order valence-corrected chi connectivity index (χ0v) is 21.2. The summed E-state index contributed by atoms with van der Waals surface area (Å²) in [6.07, 6.45) is -1.13. The quantitative estimate of drug-likeness (QED) is 0.413. The van der Waals surface area contributed by atoms with Gasteiger partial charge in [0.2, 0.25) is 11.6 Å². The van der Waals surface area contributed by atoms with Gasteiger partial charge in [0.1, 0.15) is 18.3 Å². The lowest BCUT2D eigenvalue weighted by molar-refractivity contribution is -0.258. The molecule has 8 heteroatoms. The van der Waals surface area contributed by atoms with E-state index in [1.54, 1.807) is 12.1 Å². The molecule has 0 N–H and O–H groups in total. The van der Waals surface area contributed by atoms with Crippen LogP contribution in [0.15, 0.2) is 78.9 Å². The van der Waals surface area contributed by atoms with E-state index in [4.69, 9.17) is 28.4 Å². The van der Waals surface area contributed by atoms with Crippen LogP contribution in [0.3, 0.4) is 0 Å². The van der Waals surface area contributed by atoms with Gasteiger partial charge in [-0.3, -0.25) is 9.59 Å². The molecule has 1 aliphatic carbocycles. The van der Waals surface area contributed by atoms with Crippen molar-refractivity contribution in [3.8, 4) is 5.75 Å². The predicted octanol–water partition coefficient (Wildman–Crippen LogP) is 4.16. The SMILES string of the molecule is COc1cccc2c1C(=O)[C@@]13OC(=O)C[C@]1(OC)OC[C@@]3(OCc1ccccc1)C2OCc1ccccc1. The minimum Gasteiger partial charge on any atom is -0.496 e. The first-order valence-corrected chi connectivity index (χ1v) is 12.5. The van der Waals surface area contributed by atoms with Gasteiger partial charge in [0.05, 0.1) is 32.5 Å². The summed E-state index contributed by atoms with van der Waals surface area (Å²) in [5.74, 6) is -2.47. The molecule has 196 valence electrons. The van der Waals surface area contributed by atoms with Crippen LogP contribution in [0.2, 0.25) is 0 Å². The summed E-state index contributed by atoms with van der Waals surface area (Å²) in [7, 11) is 2.89. The summed E-state index contributed by atoms with van der Waals surface area (Å²) < 4.78 is 37.0. The summed E-state index contributed by atoms with van der Waals surface area (Å²) in [6.45, 7) is 0.251. The summed E-state index contributed by atoms with van der Waals surface area (Å²) in [5, 5.41) is 0. The van der Waals surface area contributed by atoms with Crippen LogP contribution in [0.5, 0.6) is 5.75 Å². The van der Waals surface area contributed by atoms with Gasteiger partial charge in [-0.2, -0.15) is 0 Å². The van der Waals surface area contributed by atoms with E-state index in [0.29, 0.717) is 11.3 Å². The van der Waals surface area contributed by atoms with Crippen LogP contribution < -0.4 is 4.74 Å². The van der Waals surface area contributed by atoms with E-state index in [1.165, 1.54) is 14.2 Å². The van der Waals surface area contributed by atoms with E-state index in [1.807, 2.05) is 66.7 Å². The van der Waals surface area contributed by atoms with Gasteiger partial charge in [-0.1, -0.05) is 72.8 Å². The van der Waals surface area contributed by atoms with Crippen LogP contribution in [0.4, 0.5) is 0 Å². The maximum Gasteiger partial charge on any atom is 0.312 e. The summed E-state index contributed by atoms with van der Waals surface area (Å²) in [5.41, 5.74) is -0.862. The Labute approximate surface area is 220 Å². The fourth-order valence-corrected chi connectivity index (χ4v) is 6.02. The van der Waals surface area contributed by atoms with Crippen molar-refractivity contribution in [3.63, 3.8) is 0 Å². The zero-order chi connectivity index (χ0) is 26.4. The van der Waals surface area contributed by atoms with Crippen molar-refractivity contribution in [1.29, 1.82) is 0 Å². The molecule has 0 saturated carbocycles. The minimum absolute atomic E-state index is 0.0944. The molecule has 3 aromatic rings. The van der Waals surface area contributed by atoms with Crippen LogP contribution >= 0.6 is 0 Å². The Balaban J connectivity index is 1.56. The molecule has 3 aliphatic rings. The number of benzene rings is 3. The second kappa shape index (κ2) is 9.32. The number of esters is 1. The number of rotatable bonds is 8. The highest BCUT2D eigenvalue weighted by molar-refractivity contribution is 6.11. The van der Waals surface area contributed by atoms with Crippen molar-refractivity contribution in [2.75, 3.05) is 20.8 Å². The second-order valence-corrected chi connectivity index (χ2v) is 9.67. The molecular weight excluding hydrogens is 488 g/mol. The zero-order valence-electron chi connectivity index (χ0n) is 21.2. The first-order valence-electron chi connectivity index (χ1n) is 12.5. The van der Waals surface area contributed by atoms with E-state index < -0.39 is 34.8 Å². The summed E-state index contributed by atoms with van der Waals surface area (Å²) in [4.78, 5) is 27.5. The third-order valence-electron chi connectivity index (χ3n) is 7.76. The number of hydrogen-bond acceptors (Lipinski definition) is 8. The molecule has 1 spiro atoms. The van der Waals surface area contributed by atoms with E-state index >= 15 is 0 Å². The molecule has 3 aromatic carbocycles. The van der Waals surface area contributed by atoms with Crippen molar-refractivity contribution in [2.24, 2.45) is 0 Å². The molecule has 2 aliphatic heterocycles. The normalized spacial score (nSPS) is 29.4. The Morgan fingerprint density at radius 2 is 1.55 bits per heavy atom. The summed E-state index contributed by atoms with van der Waals surface area (Å²) >= 11 is 0. The van der Waals surface area contributed by atoms with Gasteiger partial charge in [-0.25, -0.2) is 0 Å². The molecule has 8 nitrogen and oxygen atoms in total. The van der Waals surface area contributed by atoms with E-state index in [2.05, 4.69) is 0 Å². The largest absolute Gasteiger partial charge is 0.496 e. The molecule has 6 rings (SSSR count). The van der Waals surface area contributed by atoms with E-state index in [9.17, 15) is 9.59 Å². The molecule has 4 atom stereocenters. The third kappa shape index (κ3) is 3.38. The van der Waals surface area contributed by atoms with Crippen molar-refractivity contribution in [1.82, 2.24) is 0 Å². The first kappa shape index (κ1) is 24.8. The Morgan fingerprint density at radius 1 is 0.868 bits per heavy atom. The topological polar surface area (TPSA) is 89.5 Å². The highest BCUT2D eigenvalue weighted by Gasteiger charge is 2.85. The monoisotopic (exact) mass is 516 g/mol. The maximum absolute atomic E-state index is 14.6. The Morgan fingerprint density at radius 3 is 2.21 bits per heavy atom. The molecule has 0 bridgehead atoms. The van der Waals surface area contributed by atoms with Gasteiger partial charge in [-0.05, 0) is 22.8 Å². The molecule has 2 fully saturated rings. The molecule has 2 saturated heterocycles. The fourth-order valence-electron chi connectivity index (χ4n) is 6.02. The lowest BCUT2D eigenvalue weighted by Crippen LogP contribution is -2.71. The van der Waals surface area contributed by atoms with Crippen LogP contribution in [-0.2, 0) is 41.7 Å². The molecule has 2 heterocycles. The van der Waals surface area contributed by atoms with Crippen LogP contribution in [0.1, 0.15) is 39.6 Å². The molecule has 1 unspecified atom stereocenters. The highest BCUT2D eigenvalue weighted by Crippen LogP contribution is 2.63. The lowest BCUT2D eigenvalue weighted by atomic mass is 9.64. The number of carbonyl (C=O) groups is 2. The molecule has 0 amide bonds. The number of ketones is 1. The summed E-state index contributed by atoms with van der Waals surface area (Å²) in [6, 6.07) is 24.6. The average molecular weight is 517 g/mol. The average Bonchev–Trinajstić information content (AvgIpc) is 3.41. The van der Waals surface area contributed by atoms with Crippen molar-refractivity contribution in [3.05, 3.63) is 101 Å². The van der Waals surface area contributed by atoms with Gasteiger partial charge < -0.3 is 28.4 Å². The highest BCUT2D eigenvalue weighted by atomic mass is 16.8. The second-order valence-electron chi connectivity index (χ2n) is 9.67. The van der Waals surface area contributed by atoms with Crippen LogP contribution in [0, 0.1) is 0 Å². The number of Topliss-reactive ketones (excluding diaryl/α,β-unsaturated/α-hetero) is 1. The van der Waals surface area contributed by atoms with Crippen molar-refractivity contribution < 1.29 is 38.0 Å². The van der Waals surface area contributed by atoms with E-state index in [-0.39, 0.29) is 31.8 Å². The van der Waals surface area contributed by atoms with Crippen molar-refractivity contribution >= 4 is 11.8 Å². The number of hydrogen-bond donors (Lipinski definition) is 0. The van der Waals surface area contributed by atoms with Gasteiger partial charge in [-0.15, -0.1) is 0 Å². The number of carbonyl (C=O) groups excluding carboxylic acids is 2. The number of ether oxygens (including phenoxy) is 6. The molecule has 0 radical (unpaired) electrons. The van der Waals surface area contributed by atoms with Gasteiger partial charge in [0, 0.05) is 7.11 Å². The lowest BCUT2D eigenvalue weighted by Gasteiger charge is -2.50. The third-order valence-corrected chi connectivity index (χ3v) is 7.76. The predicted molar refractivity (Wildman–Crippen MR) is 134 cm³/mol. The minimum atomic E-state index is -1.95. The Bertz CT molecular complexity index is 1360. The number of fused-ring (bicyclic) bond motifs is 1. The first-order chi connectivity index (χ1) is 18.5. The van der Waals surface area contributed by atoms with Crippen molar-refractivity contribution in [2.45, 2.75) is 42.7 Å². The van der Waals surface area contributed by atoms with Gasteiger partial charge in [0.25, 0.3) is 5.60 Å². The molecule has 38 heavy (non-hydrogen) atoms. The molecular formula is C30H28O8. The Kier molecular flexibility index (Phi) is 6.07. The number of methoxy groups -OCH3 is 2. The molecule has 0 aromatic heterocycles. The fraction of sp³-hybridized carbons (Fsp3) is 0.333.